The van der Waals surface area contributed by atoms with Crippen LogP contribution < -0.4 is 0 Å². The van der Waals surface area contributed by atoms with Gasteiger partial charge in [0, 0.05) is 11.6 Å². The third-order valence-corrected chi connectivity index (χ3v) is 2.15. The lowest BCUT2D eigenvalue weighted by molar-refractivity contribution is 0.644. The fourth-order valence-electron chi connectivity index (χ4n) is 1.44. The van der Waals surface area contributed by atoms with E-state index in [4.69, 9.17) is 6.57 Å². The molecule has 0 amide bonds. The van der Waals surface area contributed by atoms with Gasteiger partial charge in [-0.2, -0.15) is 0 Å². The van der Waals surface area contributed by atoms with Crippen molar-refractivity contribution in [3.63, 3.8) is 0 Å². The van der Waals surface area contributed by atoms with Gasteiger partial charge in [-0.15, -0.1) is 0 Å². The van der Waals surface area contributed by atoms with E-state index in [-0.39, 0.29) is 5.69 Å². The van der Waals surface area contributed by atoms with Gasteiger partial charge in [-0.25, -0.2) is 9.24 Å². The summed E-state index contributed by atoms with van der Waals surface area (Å²) < 4.78 is 13.7. The third kappa shape index (κ3) is 1.12. The van der Waals surface area contributed by atoms with Crippen molar-refractivity contribution in [3.8, 4) is 0 Å². The Hall–Kier alpha value is -1.95. The van der Waals surface area contributed by atoms with Crippen molar-refractivity contribution < 1.29 is 4.39 Å². The number of benzene rings is 1. The minimum atomic E-state index is -0.469. The zero-order valence-electron chi connectivity index (χ0n) is 7.58. The minimum absolute atomic E-state index is 0.0496. The van der Waals surface area contributed by atoms with Gasteiger partial charge < -0.3 is 0 Å². The number of pyridine rings is 1. The van der Waals surface area contributed by atoms with Gasteiger partial charge in [0.15, 0.2) is 0 Å². The number of aryl methyl sites for hydroxylation is 1. The summed E-state index contributed by atoms with van der Waals surface area (Å²) in [6.07, 6.45) is 1.63. The van der Waals surface area contributed by atoms with Crippen molar-refractivity contribution in [3.05, 3.63) is 47.2 Å². The number of hydrogen-bond acceptors (Lipinski definition) is 1. The van der Waals surface area contributed by atoms with E-state index in [0.29, 0.717) is 10.9 Å². The third-order valence-electron chi connectivity index (χ3n) is 2.15. The van der Waals surface area contributed by atoms with Crippen molar-refractivity contribution in [1.29, 1.82) is 0 Å². The van der Waals surface area contributed by atoms with Crippen LogP contribution >= 0.6 is 0 Å². The van der Waals surface area contributed by atoms with Crippen LogP contribution in [0.2, 0.25) is 0 Å². The molecule has 0 aliphatic rings. The Bertz CT molecular complexity index is 541. The molecule has 0 aliphatic heterocycles. The second-order valence-electron chi connectivity index (χ2n) is 3.03. The average molecular weight is 186 g/mol. The molecule has 2 aromatic rings. The second-order valence-corrected chi connectivity index (χ2v) is 3.03. The Morgan fingerprint density at radius 2 is 2.14 bits per heavy atom. The first-order valence-electron chi connectivity index (χ1n) is 4.15. The highest BCUT2D eigenvalue weighted by molar-refractivity contribution is 5.86. The first-order valence-corrected chi connectivity index (χ1v) is 4.15. The van der Waals surface area contributed by atoms with E-state index in [1.807, 2.05) is 0 Å². The summed E-state index contributed by atoms with van der Waals surface area (Å²) >= 11 is 0. The largest absolute Gasteiger partial charge is 0.256 e. The Kier molecular flexibility index (Phi) is 1.90. The monoisotopic (exact) mass is 186 g/mol. The summed E-state index contributed by atoms with van der Waals surface area (Å²) in [6, 6.07) is 4.86. The Labute approximate surface area is 80.8 Å². The van der Waals surface area contributed by atoms with Crippen LogP contribution in [-0.2, 0) is 0 Å². The summed E-state index contributed by atoms with van der Waals surface area (Å²) in [5.41, 5.74) is 1.45. The van der Waals surface area contributed by atoms with Crippen molar-refractivity contribution in [1.82, 2.24) is 4.98 Å². The first kappa shape index (κ1) is 8.64. The number of aromatic nitrogens is 1. The molecule has 0 bridgehead atoms. The number of halogens is 1. The fourth-order valence-corrected chi connectivity index (χ4v) is 1.44. The van der Waals surface area contributed by atoms with Gasteiger partial charge in [0.05, 0.1) is 12.1 Å². The molecule has 2 nitrogen and oxygen atoms in total. The maximum absolute atomic E-state index is 13.7. The molecule has 0 aliphatic carbocycles. The Balaban J connectivity index is 2.95. The van der Waals surface area contributed by atoms with Crippen molar-refractivity contribution in [2.24, 2.45) is 0 Å². The molecular formula is C11H7FN2. The number of rotatable bonds is 0. The van der Waals surface area contributed by atoms with Crippen molar-refractivity contribution in [2.45, 2.75) is 6.92 Å². The van der Waals surface area contributed by atoms with Crippen molar-refractivity contribution >= 4 is 16.6 Å². The highest BCUT2D eigenvalue weighted by Crippen LogP contribution is 2.27. The predicted molar refractivity (Wildman–Crippen MR) is 52.7 cm³/mol. The molecule has 0 saturated carbocycles. The van der Waals surface area contributed by atoms with Crippen LogP contribution in [0.5, 0.6) is 0 Å². The molecule has 0 radical (unpaired) electrons. The van der Waals surface area contributed by atoms with E-state index >= 15 is 0 Å². The molecule has 0 spiro atoms. The van der Waals surface area contributed by atoms with Crippen LogP contribution in [0.1, 0.15) is 5.56 Å². The topological polar surface area (TPSA) is 17.2 Å². The maximum atomic E-state index is 13.7. The number of nitrogens with zero attached hydrogens (tertiary/aromatic N) is 2. The van der Waals surface area contributed by atoms with Gasteiger partial charge in [0.1, 0.15) is 5.82 Å². The SMILES string of the molecule is [C-]#[N+]c1ccc2nccc(C)c2c1F. The van der Waals surface area contributed by atoms with Crippen LogP contribution in [0.25, 0.3) is 15.7 Å². The molecule has 1 aromatic heterocycles. The fraction of sp³-hybridized carbons (Fsp3) is 0.0909. The molecule has 1 heterocycles. The van der Waals surface area contributed by atoms with Gasteiger partial charge in [0.2, 0.25) is 5.69 Å². The first-order chi connectivity index (χ1) is 6.74. The van der Waals surface area contributed by atoms with Gasteiger partial charge >= 0.3 is 0 Å². The average Bonchev–Trinajstić information content (AvgIpc) is 2.18. The molecule has 0 N–H and O–H groups in total. The molecule has 3 heteroatoms. The van der Waals surface area contributed by atoms with Gasteiger partial charge in [0.25, 0.3) is 0 Å². The van der Waals surface area contributed by atoms with Gasteiger partial charge in [-0.3, -0.25) is 4.98 Å². The number of hydrogen-bond donors (Lipinski definition) is 0. The molecule has 0 fully saturated rings. The van der Waals surface area contributed by atoms with E-state index in [0.717, 1.165) is 5.56 Å². The molecule has 0 atom stereocenters. The minimum Gasteiger partial charge on any atom is -0.256 e. The summed E-state index contributed by atoms with van der Waals surface area (Å²) in [6.45, 7) is 8.60. The zero-order chi connectivity index (χ0) is 10.1. The highest BCUT2D eigenvalue weighted by Gasteiger charge is 2.09. The van der Waals surface area contributed by atoms with E-state index in [9.17, 15) is 4.39 Å². The van der Waals surface area contributed by atoms with Gasteiger partial charge in [-0.05, 0) is 24.6 Å². The lowest BCUT2D eigenvalue weighted by atomic mass is 10.1. The van der Waals surface area contributed by atoms with E-state index in [2.05, 4.69) is 9.83 Å². The maximum Gasteiger partial charge on any atom is 0.222 e. The summed E-state index contributed by atoms with van der Waals surface area (Å²) in [5, 5.41) is 0.445. The van der Waals surface area contributed by atoms with Crippen LogP contribution in [0.3, 0.4) is 0 Å². The van der Waals surface area contributed by atoms with E-state index in [1.165, 1.54) is 6.07 Å². The molecule has 1 aromatic carbocycles. The Morgan fingerprint density at radius 1 is 1.36 bits per heavy atom. The number of fused-ring (bicyclic) bond motifs is 1. The van der Waals surface area contributed by atoms with E-state index in [1.54, 1.807) is 25.3 Å². The summed E-state index contributed by atoms with van der Waals surface area (Å²) in [5.74, 6) is -0.469. The van der Waals surface area contributed by atoms with Crippen LogP contribution in [0.15, 0.2) is 24.4 Å². The summed E-state index contributed by atoms with van der Waals surface area (Å²) in [4.78, 5) is 7.14. The quantitative estimate of drug-likeness (QED) is 0.577. The van der Waals surface area contributed by atoms with E-state index < -0.39 is 5.82 Å². The molecule has 0 saturated heterocycles. The molecule has 0 unspecified atom stereocenters. The smallest absolute Gasteiger partial charge is 0.222 e. The molecular weight excluding hydrogens is 179 g/mol. The zero-order valence-corrected chi connectivity index (χ0v) is 7.58. The normalized spacial score (nSPS) is 10.1. The molecule has 68 valence electrons. The lowest BCUT2D eigenvalue weighted by Crippen LogP contribution is -1.86. The summed E-state index contributed by atoms with van der Waals surface area (Å²) in [7, 11) is 0. The molecule has 14 heavy (non-hydrogen) atoms. The lowest BCUT2D eigenvalue weighted by Gasteiger charge is -2.03. The van der Waals surface area contributed by atoms with Gasteiger partial charge in [-0.1, -0.05) is 6.07 Å². The van der Waals surface area contributed by atoms with Crippen LogP contribution in [0.4, 0.5) is 10.1 Å². The standard InChI is InChI=1S/C11H7FN2/c1-7-5-6-14-8-3-4-9(13-2)11(12)10(7)8/h3-6H,1H3. The van der Waals surface area contributed by atoms with Crippen molar-refractivity contribution in [2.75, 3.05) is 0 Å². The highest BCUT2D eigenvalue weighted by atomic mass is 19.1. The molecule has 2 rings (SSSR count). The van der Waals surface area contributed by atoms with Crippen LogP contribution in [0, 0.1) is 19.3 Å². The predicted octanol–water partition coefficient (Wildman–Crippen LogP) is 3.23. The van der Waals surface area contributed by atoms with Crippen LogP contribution in [-0.4, -0.2) is 4.98 Å². The Morgan fingerprint density at radius 3 is 2.86 bits per heavy atom. The second kappa shape index (κ2) is 3.08.